The molecule has 160 valence electrons. The lowest BCUT2D eigenvalue weighted by Gasteiger charge is -2.10. The summed E-state index contributed by atoms with van der Waals surface area (Å²) in [4.78, 5) is 17.0. The number of carbonyl (C=O) groups excluding carboxylic acids is 1. The van der Waals surface area contributed by atoms with Crippen LogP contribution in [0, 0.1) is 6.92 Å². The molecule has 0 aliphatic carbocycles. The maximum atomic E-state index is 12.4. The highest BCUT2D eigenvalue weighted by molar-refractivity contribution is 7.14. The number of benzene rings is 3. The summed E-state index contributed by atoms with van der Waals surface area (Å²) < 4.78 is 10.9. The second-order valence-corrected chi connectivity index (χ2v) is 7.80. The Balaban J connectivity index is 1.42. The normalized spacial score (nSPS) is 10.8. The molecule has 32 heavy (non-hydrogen) atoms. The van der Waals surface area contributed by atoms with Gasteiger partial charge in [0.1, 0.15) is 0 Å². The molecular weight excluding hydrogens is 422 g/mol. The molecule has 1 N–H and O–H groups in total. The average molecular weight is 444 g/mol. The standard InChI is InChI=1S/C25H21N3O3S/c1-17-7-6-10-20(13-17)24(29)31-22-12-11-18(14-23(22)30-2)15-26-28-25-27-21(16-32-25)19-8-4-3-5-9-19/h3-16H,1-2H3,(H,27,28). The Morgan fingerprint density at radius 1 is 1.03 bits per heavy atom. The molecule has 0 radical (unpaired) electrons. The van der Waals surface area contributed by atoms with Gasteiger partial charge in [0, 0.05) is 10.9 Å². The van der Waals surface area contributed by atoms with Crippen LogP contribution in [0.1, 0.15) is 21.5 Å². The van der Waals surface area contributed by atoms with Crippen molar-refractivity contribution in [2.45, 2.75) is 6.92 Å². The quantitative estimate of drug-likeness (QED) is 0.169. The number of carbonyl (C=O) groups is 1. The summed E-state index contributed by atoms with van der Waals surface area (Å²) >= 11 is 1.48. The number of esters is 1. The molecule has 1 aromatic heterocycles. The lowest BCUT2D eigenvalue weighted by atomic mass is 10.1. The minimum Gasteiger partial charge on any atom is -0.493 e. The zero-order valence-corrected chi connectivity index (χ0v) is 18.4. The Morgan fingerprint density at radius 3 is 2.66 bits per heavy atom. The first-order chi connectivity index (χ1) is 15.6. The molecule has 0 atom stereocenters. The van der Waals surface area contributed by atoms with E-state index in [-0.39, 0.29) is 0 Å². The lowest BCUT2D eigenvalue weighted by Crippen LogP contribution is -2.09. The molecule has 0 fully saturated rings. The van der Waals surface area contributed by atoms with E-state index >= 15 is 0 Å². The molecule has 0 aliphatic rings. The van der Waals surface area contributed by atoms with Crippen molar-refractivity contribution < 1.29 is 14.3 Å². The van der Waals surface area contributed by atoms with Crippen LogP contribution in [0.2, 0.25) is 0 Å². The van der Waals surface area contributed by atoms with Crippen LogP contribution in [0.3, 0.4) is 0 Å². The van der Waals surface area contributed by atoms with Crippen molar-refractivity contribution >= 4 is 28.7 Å². The number of hydrogen-bond donors (Lipinski definition) is 1. The van der Waals surface area contributed by atoms with Crippen LogP contribution >= 0.6 is 11.3 Å². The van der Waals surface area contributed by atoms with E-state index in [1.807, 2.05) is 54.8 Å². The predicted molar refractivity (Wildman–Crippen MR) is 128 cm³/mol. The third-order valence-electron chi connectivity index (χ3n) is 4.59. The highest BCUT2D eigenvalue weighted by Gasteiger charge is 2.13. The maximum Gasteiger partial charge on any atom is 0.343 e. The molecule has 0 saturated heterocycles. The van der Waals surface area contributed by atoms with E-state index in [1.54, 1.807) is 36.5 Å². The van der Waals surface area contributed by atoms with Crippen LogP contribution < -0.4 is 14.9 Å². The molecule has 0 spiro atoms. The minimum atomic E-state index is -0.437. The summed E-state index contributed by atoms with van der Waals surface area (Å²) in [6, 6.07) is 22.4. The first-order valence-corrected chi connectivity index (χ1v) is 10.8. The van der Waals surface area contributed by atoms with Gasteiger partial charge in [-0.2, -0.15) is 5.10 Å². The van der Waals surface area contributed by atoms with Gasteiger partial charge in [-0.25, -0.2) is 9.78 Å². The summed E-state index contributed by atoms with van der Waals surface area (Å²) in [5.41, 5.74) is 7.16. The fraction of sp³-hybridized carbons (Fsp3) is 0.0800. The Kier molecular flexibility index (Phi) is 6.57. The van der Waals surface area contributed by atoms with E-state index in [4.69, 9.17) is 9.47 Å². The van der Waals surface area contributed by atoms with Crippen molar-refractivity contribution in [3.8, 4) is 22.8 Å². The number of aryl methyl sites for hydroxylation is 1. The van der Waals surface area contributed by atoms with Gasteiger partial charge in [0.2, 0.25) is 5.13 Å². The number of ether oxygens (including phenoxy) is 2. The van der Waals surface area contributed by atoms with Crippen molar-refractivity contribution in [1.82, 2.24) is 4.98 Å². The number of nitrogens with zero attached hydrogens (tertiary/aromatic N) is 2. The number of methoxy groups -OCH3 is 1. The van der Waals surface area contributed by atoms with E-state index in [0.29, 0.717) is 22.2 Å². The van der Waals surface area contributed by atoms with Crippen LogP contribution in [0.15, 0.2) is 83.3 Å². The topological polar surface area (TPSA) is 72.8 Å². The first kappa shape index (κ1) is 21.3. The molecule has 1 heterocycles. The molecule has 3 aromatic carbocycles. The van der Waals surface area contributed by atoms with Crippen molar-refractivity contribution in [2.24, 2.45) is 5.10 Å². The van der Waals surface area contributed by atoms with Crippen LogP contribution in [0.25, 0.3) is 11.3 Å². The Hall–Kier alpha value is -3.97. The second kappa shape index (κ2) is 9.89. The number of rotatable bonds is 7. The summed E-state index contributed by atoms with van der Waals surface area (Å²) in [6.45, 7) is 1.92. The van der Waals surface area contributed by atoms with Crippen LogP contribution in [-0.2, 0) is 0 Å². The number of hydrazone groups is 1. The zero-order valence-electron chi connectivity index (χ0n) is 17.6. The summed E-state index contributed by atoms with van der Waals surface area (Å²) in [5.74, 6) is 0.347. The fourth-order valence-electron chi connectivity index (χ4n) is 3.01. The largest absolute Gasteiger partial charge is 0.493 e. The van der Waals surface area contributed by atoms with Gasteiger partial charge in [-0.05, 0) is 42.8 Å². The van der Waals surface area contributed by atoms with Crippen molar-refractivity contribution in [3.05, 3.63) is 94.9 Å². The van der Waals surface area contributed by atoms with Crippen molar-refractivity contribution in [2.75, 3.05) is 12.5 Å². The highest BCUT2D eigenvalue weighted by atomic mass is 32.1. The number of anilines is 1. The molecule has 4 rings (SSSR count). The third kappa shape index (κ3) is 5.19. The number of thiazole rings is 1. The van der Waals surface area contributed by atoms with Gasteiger partial charge in [-0.3, -0.25) is 5.43 Å². The van der Waals surface area contributed by atoms with E-state index in [2.05, 4.69) is 15.5 Å². The highest BCUT2D eigenvalue weighted by Crippen LogP contribution is 2.29. The summed E-state index contributed by atoms with van der Waals surface area (Å²) in [7, 11) is 1.53. The molecule has 0 unspecified atom stereocenters. The molecule has 7 heteroatoms. The summed E-state index contributed by atoms with van der Waals surface area (Å²) in [6.07, 6.45) is 1.65. The van der Waals surface area contributed by atoms with E-state index < -0.39 is 5.97 Å². The molecule has 0 aliphatic heterocycles. The van der Waals surface area contributed by atoms with Gasteiger partial charge >= 0.3 is 5.97 Å². The molecule has 6 nitrogen and oxygen atoms in total. The Labute approximate surface area is 190 Å². The SMILES string of the molecule is COc1cc(C=NNc2nc(-c3ccccc3)cs2)ccc1OC(=O)c1cccc(C)c1. The third-order valence-corrected chi connectivity index (χ3v) is 5.34. The molecular formula is C25H21N3O3S. The molecule has 0 amide bonds. The van der Waals surface area contributed by atoms with Crippen molar-refractivity contribution in [3.63, 3.8) is 0 Å². The molecule has 4 aromatic rings. The van der Waals surface area contributed by atoms with E-state index in [1.165, 1.54) is 18.4 Å². The number of aromatic nitrogens is 1. The number of nitrogens with one attached hydrogen (secondary N) is 1. The Bertz CT molecular complexity index is 1250. The average Bonchev–Trinajstić information content (AvgIpc) is 3.29. The van der Waals surface area contributed by atoms with Gasteiger partial charge < -0.3 is 9.47 Å². The molecule has 0 saturated carbocycles. The smallest absolute Gasteiger partial charge is 0.343 e. The van der Waals surface area contributed by atoms with Gasteiger partial charge in [0.05, 0.1) is 24.6 Å². The van der Waals surface area contributed by atoms with Gasteiger partial charge in [0.25, 0.3) is 0 Å². The maximum absolute atomic E-state index is 12.4. The lowest BCUT2D eigenvalue weighted by molar-refractivity contribution is 0.0729. The van der Waals surface area contributed by atoms with Crippen LogP contribution in [-0.4, -0.2) is 24.3 Å². The second-order valence-electron chi connectivity index (χ2n) is 6.94. The van der Waals surface area contributed by atoms with E-state index in [9.17, 15) is 4.79 Å². The zero-order chi connectivity index (χ0) is 22.3. The monoisotopic (exact) mass is 443 g/mol. The number of hydrogen-bond acceptors (Lipinski definition) is 7. The molecule has 0 bridgehead atoms. The van der Waals surface area contributed by atoms with Crippen molar-refractivity contribution in [1.29, 1.82) is 0 Å². The van der Waals surface area contributed by atoms with Gasteiger partial charge in [-0.15, -0.1) is 11.3 Å². The van der Waals surface area contributed by atoms with Crippen LogP contribution in [0.4, 0.5) is 5.13 Å². The van der Waals surface area contributed by atoms with E-state index in [0.717, 1.165) is 22.4 Å². The van der Waals surface area contributed by atoms with Gasteiger partial charge in [-0.1, -0.05) is 48.0 Å². The van der Waals surface area contributed by atoms with Crippen LogP contribution in [0.5, 0.6) is 11.5 Å². The fourth-order valence-corrected chi connectivity index (χ4v) is 3.68. The Morgan fingerprint density at radius 2 is 1.88 bits per heavy atom. The van der Waals surface area contributed by atoms with Gasteiger partial charge in [0.15, 0.2) is 11.5 Å². The first-order valence-electron chi connectivity index (χ1n) is 9.89. The summed E-state index contributed by atoms with van der Waals surface area (Å²) in [5, 5.41) is 6.92. The minimum absolute atomic E-state index is 0.344. The predicted octanol–water partition coefficient (Wildman–Crippen LogP) is 5.79.